The maximum atomic E-state index is 10.3. The molecule has 3 rings (SSSR count). The molecule has 0 radical (unpaired) electrons. The molecule has 5 N–H and O–H groups in total. The summed E-state index contributed by atoms with van der Waals surface area (Å²) in [5, 5.41) is 36.2. The number of aliphatic hydroxyl groups is 1. The van der Waals surface area contributed by atoms with Crippen LogP contribution in [0.25, 0.3) is 21.8 Å². The zero-order valence-corrected chi connectivity index (χ0v) is 15.7. The molecule has 0 aliphatic heterocycles. The van der Waals surface area contributed by atoms with Crippen molar-refractivity contribution in [3.63, 3.8) is 0 Å². The quantitative estimate of drug-likeness (QED) is 0.411. The first-order chi connectivity index (χ1) is 13.6. The zero-order valence-electron chi connectivity index (χ0n) is 15.7. The van der Waals surface area contributed by atoms with Gasteiger partial charge in [-0.05, 0) is 25.1 Å². The SMILES string of the molecule is COc1ccc2c(c1)[nH]c1c(C)nccc12.O=C(O)CC(O)(CC(=O)O)C(=O)O. The van der Waals surface area contributed by atoms with Gasteiger partial charge in [0, 0.05) is 23.0 Å². The third kappa shape index (κ3) is 4.99. The monoisotopic (exact) mass is 404 g/mol. The fourth-order valence-corrected chi connectivity index (χ4v) is 2.79. The Hall–Kier alpha value is -3.66. The number of methoxy groups -OCH3 is 1. The number of hydrogen-bond acceptors (Lipinski definition) is 6. The summed E-state index contributed by atoms with van der Waals surface area (Å²) in [6.45, 7) is 2.01. The summed E-state index contributed by atoms with van der Waals surface area (Å²) in [6.07, 6.45) is -0.446. The van der Waals surface area contributed by atoms with Gasteiger partial charge in [-0.25, -0.2) is 4.79 Å². The van der Waals surface area contributed by atoms with Crippen molar-refractivity contribution in [1.29, 1.82) is 0 Å². The molecule has 154 valence electrons. The number of rotatable bonds is 6. The molecular weight excluding hydrogens is 384 g/mol. The number of ether oxygens (including phenoxy) is 1. The van der Waals surface area contributed by atoms with E-state index in [2.05, 4.69) is 16.0 Å². The van der Waals surface area contributed by atoms with E-state index in [1.807, 2.05) is 31.3 Å². The highest BCUT2D eigenvalue weighted by Gasteiger charge is 2.40. The summed E-state index contributed by atoms with van der Waals surface area (Å²) in [6, 6.07) is 8.10. The zero-order chi connectivity index (χ0) is 21.8. The van der Waals surface area contributed by atoms with Gasteiger partial charge in [0.1, 0.15) is 5.75 Å². The number of fused-ring (bicyclic) bond motifs is 3. The first-order valence-corrected chi connectivity index (χ1v) is 8.38. The van der Waals surface area contributed by atoms with Gasteiger partial charge in [-0.2, -0.15) is 0 Å². The number of carbonyl (C=O) groups is 3. The molecule has 10 heteroatoms. The van der Waals surface area contributed by atoms with E-state index in [-0.39, 0.29) is 0 Å². The minimum atomic E-state index is -2.74. The van der Waals surface area contributed by atoms with Crippen LogP contribution in [0.2, 0.25) is 0 Å². The molecule has 29 heavy (non-hydrogen) atoms. The standard InChI is InChI=1S/C13H12N2O.C6H8O7/c1-8-13-11(5-6-14-8)10-4-3-9(16-2)7-12(10)15-13;7-3(8)1-6(13,5(11)12)2-4(9)10/h3-7,15H,1-2H3;13H,1-2H2,(H,7,8)(H,9,10)(H,11,12). The lowest BCUT2D eigenvalue weighted by atomic mass is 9.96. The lowest BCUT2D eigenvalue weighted by Gasteiger charge is -2.18. The van der Waals surface area contributed by atoms with Crippen LogP contribution in [0, 0.1) is 6.92 Å². The van der Waals surface area contributed by atoms with Crippen molar-refractivity contribution >= 4 is 39.7 Å². The lowest BCUT2D eigenvalue weighted by Crippen LogP contribution is -2.42. The van der Waals surface area contributed by atoms with Crippen molar-refractivity contribution in [2.45, 2.75) is 25.4 Å². The molecule has 0 saturated heterocycles. The number of aromatic amines is 1. The number of hydrogen-bond donors (Lipinski definition) is 5. The molecule has 0 atom stereocenters. The molecule has 0 saturated carbocycles. The maximum Gasteiger partial charge on any atom is 0.336 e. The van der Waals surface area contributed by atoms with Gasteiger partial charge in [-0.1, -0.05) is 0 Å². The van der Waals surface area contributed by atoms with Crippen LogP contribution in [0.15, 0.2) is 30.5 Å². The summed E-state index contributed by atoms with van der Waals surface area (Å²) in [5.74, 6) is -4.15. The Morgan fingerprint density at radius 3 is 2.21 bits per heavy atom. The van der Waals surface area contributed by atoms with Gasteiger partial charge in [-0.3, -0.25) is 14.6 Å². The highest BCUT2D eigenvalue weighted by Crippen LogP contribution is 2.28. The average Bonchev–Trinajstić information content (AvgIpc) is 3.00. The third-order valence-electron chi connectivity index (χ3n) is 4.20. The molecule has 3 aromatic rings. The molecule has 0 unspecified atom stereocenters. The normalized spacial score (nSPS) is 11.0. The molecule has 0 bridgehead atoms. The average molecular weight is 404 g/mol. The number of carboxylic acids is 3. The molecule has 0 fully saturated rings. The van der Waals surface area contributed by atoms with Crippen molar-refractivity contribution in [2.75, 3.05) is 7.11 Å². The summed E-state index contributed by atoms with van der Waals surface area (Å²) < 4.78 is 5.21. The Morgan fingerprint density at radius 1 is 1.07 bits per heavy atom. The summed E-state index contributed by atoms with van der Waals surface area (Å²) in [4.78, 5) is 38.1. The first kappa shape index (κ1) is 21.6. The summed E-state index contributed by atoms with van der Waals surface area (Å²) in [5.41, 5.74) is 0.473. The number of nitrogens with zero attached hydrogens (tertiary/aromatic N) is 1. The van der Waals surface area contributed by atoms with Crippen LogP contribution < -0.4 is 4.74 Å². The smallest absolute Gasteiger partial charge is 0.336 e. The van der Waals surface area contributed by atoms with E-state index in [1.54, 1.807) is 7.11 Å². The number of aliphatic carboxylic acids is 3. The van der Waals surface area contributed by atoms with Crippen LogP contribution in [-0.2, 0) is 14.4 Å². The van der Waals surface area contributed by atoms with Gasteiger partial charge < -0.3 is 30.1 Å². The van der Waals surface area contributed by atoms with E-state index < -0.39 is 36.4 Å². The van der Waals surface area contributed by atoms with E-state index in [9.17, 15) is 14.4 Å². The molecule has 10 nitrogen and oxygen atoms in total. The minimum absolute atomic E-state index is 0.865. The van der Waals surface area contributed by atoms with Gasteiger partial charge >= 0.3 is 17.9 Å². The molecule has 1 aromatic carbocycles. The molecule has 0 aliphatic carbocycles. The Kier molecular flexibility index (Phi) is 6.39. The van der Waals surface area contributed by atoms with Crippen LogP contribution in [0.5, 0.6) is 5.75 Å². The molecule has 2 heterocycles. The Bertz CT molecular complexity index is 1060. The number of aryl methyl sites for hydroxylation is 1. The second-order valence-electron chi connectivity index (χ2n) is 6.33. The van der Waals surface area contributed by atoms with E-state index in [1.165, 1.54) is 10.8 Å². The van der Waals surface area contributed by atoms with Crippen LogP contribution in [0.3, 0.4) is 0 Å². The van der Waals surface area contributed by atoms with Crippen LogP contribution >= 0.6 is 0 Å². The molecule has 0 aliphatic rings. The highest BCUT2D eigenvalue weighted by molar-refractivity contribution is 6.08. The van der Waals surface area contributed by atoms with Crippen LogP contribution in [0.4, 0.5) is 0 Å². The maximum absolute atomic E-state index is 10.3. The number of H-pyrrole nitrogens is 1. The van der Waals surface area contributed by atoms with Gasteiger partial charge in [-0.15, -0.1) is 0 Å². The highest BCUT2D eigenvalue weighted by atomic mass is 16.5. The van der Waals surface area contributed by atoms with Gasteiger partial charge in [0.15, 0.2) is 5.60 Å². The van der Waals surface area contributed by atoms with E-state index in [4.69, 9.17) is 25.2 Å². The second-order valence-corrected chi connectivity index (χ2v) is 6.33. The predicted molar refractivity (Wildman–Crippen MR) is 102 cm³/mol. The van der Waals surface area contributed by atoms with Crippen molar-refractivity contribution < 1.29 is 39.5 Å². The third-order valence-corrected chi connectivity index (χ3v) is 4.20. The summed E-state index contributed by atoms with van der Waals surface area (Å²) >= 11 is 0. The predicted octanol–water partition coefficient (Wildman–Crippen LogP) is 1.78. The van der Waals surface area contributed by atoms with Gasteiger partial charge in [0.05, 0.1) is 36.7 Å². The second kappa shape index (κ2) is 8.57. The van der Waals surface area contributed by atoms with Crippen molar-refractivity contribution in [3.05, 3.63) is 36.2 Å². The summed E-state index contributed by atoms with van der Waals surface area (Å²) in [7, 11) is 1.68. The van der Waals surface area contributed by atoms with E-state index in [0.717, 1.165) is 22.5 Å². The molecule has 0 amide bonds. The molecular formula is C19H20N2O8. The number of aromatic nitrogens is 2. The van der Waals surface area contributed by atoms with Gasteiger partial charge in [0.2, 0.25) is 0 Å². The van der Waals surface area contributed by atoms with Crippen molar-refractivity contribution in [2.24, 2.45) is 0 Å². The van der Waals surface area contributed by atoms with Crippen LogP contribution in [0.1, 0.15) is 18.5 Å². The number of carboxylic acid groups (broad SMARTS) is 3. The molecule has 2 aromatic heterocycles. The Morgan fingerprint density at radius 2 is 1.69 bits per heavy atom. The van der Waals surface area contributed by atoms with Crippen molar-refractivity contribution in [3.8, 4) is 5.75 Å². The first-order valence-electron chi connectivity index (χ1n) is 8.38. The number of benzene rings is 1. The largest absolute Gasteiger partial charge is 0.497 e. The lowest BCUT2D eigenvalue weighted by molar-refractivity contribution is -0.170. The van der Waals surface area contributed by atoms with Gasteiger partial charge in [0.25, 0.3) is 0 Å². The van der Waals surface area contributed by atoms with Crippen molar-refractivity contribution in [1.82, 2.24) is 9.97 Å². The fraction of sp³-hybridized carbons (Fsp3) is 0.263. The number of pyridine rings is 1. The number of nitrogens with one attached hydrogen (secondary N) is 1. The Labute approximate surface area is 164 Å². The minimum Gasteiger partial charge on any atom is -0.497 e. The molecule has 0 spiro atoms. The van der Waals surface area contributed by atoms with Crippen LogP contribution in [-0.4, -0.2) is 61.0 Å². The topological polar surface area (TPSA) is 170 Å². The van der Waals surface area contributed by atoms with E-state index in [0.29, 0.717) is 0 Å². The van der Waals surface area contributed by atoms with E-state index >= 15 is 0 Å². The fourth-order valence-electron chi connectivity index (χ4n) is 2.79. The Balaban J connectivity index is 0.000000213.